The standard InChI is InChI=1S/C10H24N2S4/c13-7-3-11(4-8-14)1-2-12(5-9-15)6-10-16/h13-16H,1-10H2. The summed E-state index contributed by atoms with van der Waals surface area (Å²) in [6, 6.07) is 0. The van der Waals surface area contributed by atoms with Crippen molar-refractivity contribution in [2.45, 2.75) is 0 Å². The lowest BCUT2D eigenvalue weighted by atomic mass is 10.4. The Balaban J connectivity index is 3.83. The smallest absolute Gasteiger partial charge is 0.0110 e. The van der Waals surface area contributed by atoms with Crippen molar-refractivity contribution in [1.82, 2.24) is 9.80 Å². The van der Waals surface area contributed by atoms with Crippen LogP contribution in [-0.4, -0.2) is 72.1 Å². The van der Waals surface area contributed by atoms with E-state index in [9.17, 15) is 0 Å². The van der Waals surface area contributed by atoms with Crippen LogP contribution < -0.4 is 0 Å². The molecule has 0 radical (unpaired) electrons. The lowest BCUT2D eigenvalue weighted by Gasteiger charge is -2.26. The molecule has 0 N–H and O–H groups in total. The van der Waals surface area contributed by atoms with Crippen molar-refractivity contribution in [2.75, 3.05) is 62.3 Å². The Labute approximate surface area is 122 Å². The van der Waals surface area contributed by atoms with Crippen LogP contribution in [0.1, 0.15) is 0 Å². The van der Waals surface area contributed by atoms with E-state index in [1.807, 2.05) is 0 Å². The topological polar surface area (TPSA) is 6.48 Å². The van der Waals surface area contributed by atoms with Gasteiger partial charge in [-0.15, -0.1) is 0 Å². The summed E-state index contributed by atoms with van der Waals surface area (Å²) >= 11 is 17.1. The molecule has 0 saturated heterocycles. The molecule has 6 heteroatoms. The highest BCUT2D eigenvalue weighted by Gasteiger charge is 2.07. The van der Waals surface area contributed by atoms with Crippen LogP contribution in [-0.2, 0) is 0 Å². The molecule has 2 nitrogen and oxygen atoms in total. The summed E-state index contributed by atoms with van der Waals surface area (Å²) in [5, 5.41) is 0. The Kier molecular flexibility index (Phi) is 13.8. The monoisotopic (exact) mass is 300 g/mol. The van der Waals surface area contributed by atoms with Gasteiger partial charge in [0.05, 0.1) is 0 Å². The highest BCUT2D eigenvalue weighted by atomic mass is 32.1. The molecule has 0 aliphatic carbocycles. The second kappa shape index (κ2) is 12.8. The lowest BCUT2D eigenvalue weighted by molar-refractivity contribution is 0.232. The first-order valence-corrected chi connectivity index (χ1v) is 8.19. The molecule has 0 aromatic heterocycles. The molecule has 0 heterocycles. The van der Waals surface area contributed by atoms with Crippen LogP contribution in [0.5, 0.6) is 0 Å². The van der Waals surface area contributed by atoms with Crippen LogP contribution in [0.2, 0.25) is 0 Å². The van der Waals surface area contributed by atoms with Crippen molar-refractivity contribution in [3.05, 3.63) is 0 Å². The molecular formula is C10H24N2S4. The maximum atomic E-state index is 4.28. The molecular weight excluding hydrogens is 276 g/mol. The second-order valence-electron chi connectivity index (χ2n) is 3.58. The van der Waals surface area contributed by atoms with Gasteiger partial charge in [-0.05, 0) is 0 Å². The third-order valence-corrected chi connectivity index (χ3v) is 3.20. The van der Waals surface area contributed by atoms with Gasteiger partial charge < -0.3 is 9.80 Å². The first kappa shape index (κ1) is 17.3. The van der Waals surface area contributed by atoms with E-state index in [-0.39, 0.29) is 0 Å². The van der Waals surface area contributed by atoms with Crippen molar-refractivity contribution >= 4 is 50.5 Å². The number of thiol groups is 4. The maximum Gasteiger partial charge on any atom is 0.0110 e. The van der Waals surface area contributed by atoms with Gasteiger partial charge in [-0.2, -0.15) is 50.5 Å². The average Bonchev–Trinajstić information content (AvgIpc) is 2.27. The van der Waals surface area contributed by atoms with Gasteiger partial charge in [-0.25, -0.2) is 0 Å². The summed E-state index contributed by atoms with van der Waals surface area (Å²) in [5.74, 6) is 3.64. The van der Waals surface area contributed by atoms with Crippen molar-refractivity contribution in [2.24, 2.45) is 0 Å². The number of hydrogen-bond acceptors (Lipinski definition) is 6. The normalized spacial score (nSPS) is 11.6. The van der Waals surface area contributed by atoms with Gasteiger partial charge in [-0.3, -0.25) is 0 Å². The van der Waals surface area contributed by atoms with Gasteiger partial charge >= 0.3 is 0 Å². The third-order valence-electron chi connectivity index (χ3n) is 2.40. The van der Waals surface area contributed by atoms with Crippen LogP contribution in [0.4, 0.5) is 0 Å². The van der Waals surface area contributed by atoms with Crippen LogP contribution in [0.25, 0.3) is 0 Å². The zero-order valence-corrected chi connectivity index (χ0v) is 13.3. The fraction of sp³-hybridized carbons (Fsp3) is 1.00. The summed E-state index contributed by atoms with van der Waals surface area (Å²) in [4.78, 5) is 4.81. The minimum Gasteiger partial charge on any atom is -0.300 e. The Morgan fingerprint density at radius 3 is 0.875 bits per heavy atom. The van der Waals surface area contributed by atoms with Crippen molar-refractivity contribution in [3.63, 3.8) is 0 Å². The molecule has 0 aliphatic rings. The van der Waals surface area contributed by atoms with E-state index in [1.54, 1.807) is 0 Å². The fourth-order valence-electron chi connectivity index (χ4n) is 1.52. The molecule has 0 fully saturated rings. The Bertz CT molecular complexity index is 121. The van der Waals surface area contributed by atoms with Crippen molar-refractivity contribution < 1.29 is 0 Å². The maximum absolute atomic E-state index is 4.28. The first-order valence-electron chi connectivity index (χ1n) is 5.66. The van der Waals surface area contributed by atoms with Crippen LogP contribution in [0.15, 0.2) is 0 Å². The van der Waals surface area contributed by atoms with Gasteiger partial charge in [-0.1, -0.05) is 0 Å². The number of hydrogen-bond donors (Lipinski definition) is 4. The number of rotatable bonds is 11. The van der Waals surface area contributed by atoms with Gasteiger partial charge in [0.15, 0.2) is 0 Å². The molecule has 0 spiro atoms. The molecule has 0 aromatic carbocycles. The average molecular weight is 301 g/mol. The van der Waals surface area contributed by atoms with E-state index in [2.05, 4.69) is 60.3 Å². The molecule has 0 aromatic rings. The Morgan fingerprint density at radius 2 is 0.688 bits per heavy atom. The molecule has 0 unspecified atom stereocenters. The number of nitrogens with zero attached hydrogens (tertiary/aromatic N) is 2. The highest BCUT2D eigenvalue weighted by Crippen LogP contribution is 1.96. The highest BCUT2D eigenvalue weighted by molar-refractivity contribution is 7.80. The zero-order chi connectivity index (χ0) is 12.2. The SMILES string of the molecule is SCCN(CCS)CCN(CCS)CCS. The van der Waals surface area contributed by atoms with Crippen LogP contribution in [0, 0.1) is 0 Å². The summed E-state index contributed by atoms with van der Waals surface area (Å²) in [5.41, 5.74) is 0. The van der Waals surface area contributed by atoms with E-state index in [0.717, 1.165) is 62.3 Å². The van der Waals surface area contributed by atoms with Gasteiger partial charge in [0.25, 0.3) is 0 Å². The van der Waals surface area contributed by atoms with Gasteiger partial charge in [0.1, 0.15) is 0 Å². The molecule has 0 aliphatic heterocycles. The van der Waals surface area contributed by atoms with E-state index < -0.39 is 0 Å². The summed E-state index contributed by atoms with van der Waals surface area (Å²) in [7, 11) is 0. The summed E-state index contributed by atoms with van der Waals surface area (Å²) in [6.45, 7) is 6.34. The summed E-state index contributed by atoms with van der Waals surface area (Å²) < 4.78 is 0. The molecule has 0 saturated carbocycles. The van der Waals surface area contributed by atoms with Gasteiger partial charge in [0.2, 0.25) is 0 Å². The Hall–Kier alpha value is 1.32. The summed E-state index contributed by atoms with van der Waals surface area (Å²) in [6.07, 6.45) is 0. The van der Waals surface area contributed by atoms with Gasteiger partial charge in [0, 0.05) is 62.3 Å². The quantitative estimate of drug-likeness (QED) is 0.427. The van der Waals surface area contributed by atoms with E-state index in [1.165, 1.54) is 0 Å². The predicted octanol–water partition coefficient (Wildman–Crippen LogP) is 1.31. The minimum atomic E-state index is 0.910. The third kappa shape index (κ3) is 9.36. The van der Waals surface area contributed by atoms with E-state index >= 15 is 0 Å². The van der Waals surface area contributed by atoms with Crippen molar-refractivity contribution in [1.29, 1.82) is 0 Å². The molecule has 0 rings (SSSR count). The predicted molar refractivity (Wildman–Crippen MR) is 88.3 cm³/mol. The molecule has 98 valence electrons. The Morgan fingerprint density at radius 1 is 0.438 bits per heavy atom. The molecule has 0 amide bonds. The zero-order valence-electron chi connectivity index (χ0n) is 9.75. The minimum absolute atomic E-state index is 0.910. The van der Waals surface area contributed by atoms with E-state index in [0.29, 0.717) is 0 Å². The van der Waals surface area contributed by atoms with E-state index in [4.69, 9.17) is 0 Å². The largest absolute Gasteiger partial charge is 0.300 e. The lowest BCUT2D eigenvalue weighted by Crippen LogP contribution is -2.38. The fourth-order valence-corrected chi connectivity index (χ4v) is 2.65. The molecule has 0 atom stereocenters. The molecule has 0 bridgehead atoms. The van der Waals surface area contributed by atoms with Crippen molar-refractivity contribution in [3.8, 4) is 0 Å². The first-order chi connectivity index (χ1) is 7.78. The molecule has 16 heavy (non-hydrogen) atoms. The second-order valence-corrected chi connectivity index (χ2v) is 5.37. The van der Waals surface area contributed by atoms with Crippen LogP contribution >= 0.6 is 50.5 Å². The van der Waals surface area contributed by atoms with Crippen LogP contribution in [0.3, 0.4) is 0 Å².